The summed E-state index contributed by atoms with van der Waals surface area (Å²) in [5.74, 6) is 1.96. The second-order valence-corrected chi connectivity index (χ2v) is 5.22. The van der Waals surface area contributed by atoms with E-state index in [2.05, 4.69) is 55.8 Å². The van der Waals surface area contributed by atoms with Crippen LogP contribution in [0.15, 0.2) is 16.6 Å². The summed E-state index contributed by atoms with van der Waals surface area (Å²) >= 11 is 3.69. The van der Waals surface area contributed by atoms with Gasteiger partial charge >= 0.3 is 0 Å². The van der Waals surface area contributed by atoms with E-state index in [1.807, 2.05) is 0 Å². The summed E-state index contributed by atoms with van der Waals surface area (Å²) in [6, 6.07) is 4.22. The van der Waals surface area contributed by atoms with Gasteiger partial charge in [-0.1, -0.05) is 43.6 Å². The zero-order valence-corrected chi connectivity index (χ0v) is 11.7. The topological polar surface area (TPSA) is 9.23 Å². The van der Waals surface area contributed by atoms with Gasteiger partial charge in [-0.2, -0.15) is 0 Å². The van der Waals surface area contributed by atoms with Crippen LogP contribution >= 0.6 is 15.9 Å². The molecule has 1 nitrogen and oxygen atoms in total. The Morgan fingerprint density at radius 1 is 1.00 bits per heavy atom. The molecule has 0 aliphatic heterocycles. The molecule has 0 aromatic heterocycles. The Hall–Kier alpha value is -0.500. The summed E-state index contributed by atoms with van der Waals surface area (Å²) in [5.41, 5.74) is 2.64. The van der Waals surface area contributed by atoms with Crippen molar-refractivity contribution >= 4 is 15.9 Å². The number of hydrogen-bond donors (Lipinski definition) is 0. The molecular weight excluding hydrogens is 252 g/mol. The molecular formula is C13H19BrO. The number of ether oxygens (including phenoxy) is 1. The molecule has 0 bridgehead atoms. The van der Waals surface area contributed by atoms with E-state index >= 15 is 0 Å². The first-order valence-electron chi connectivity index (χ1n) is 5.34. The molecule has 0 heterocycles. The lowest BCUT2D eigenvalue weighted by Gasteiger charge is -2.17. The summed E-state index contributed by atoms with van der Waals surface area (Å²) in [4.78, 5) is 0. The van der Waals surface area contributed by atoms with E-state index in [9.17, 15) is 0 Å². The Bertz CT molecular complexity index is 313. The molecule has 1 aromatic rings. The average molecular weight is 271 g/mol. The molecule has 0 aliphatic carbocycles. The van der Waals surface area contributed by atoms with Crippen LogP contribution in [0.5, 0.6) is 5.75 Å². The van der Waals surface area contributed by atoms with E-state index in [0.29, 0.717) is 11.8 Å². The first-order valence-corrected chi connectivity index (χ1v) is 6.14. The Balaban J connectivity index is 3.33. The zero-order chi connectivity index (χ0) is 11.6. The van der Waals surface area contributed by atoms with E-state index in [0.717, 1.165) is 5.75 Å². The molecule has 0 amide bonds. The van der Waals surface area contributed by atoms with Gasteiger partial charge in [0.05, 0.1) is 7.11 Å². The van der Waals surface area contributed by atoms with Gasteiger partial charge in [0.25, 0.3) is 0 Å². The minimum Gasteiger partial charge on any atom is -0.497 e. The molecule has 0 fully saturated rings. The second-order valence-electron chi connectivity index (χ2n) is 4.43. The molecule has 0 unspecified atom stereocenters. The fourth-order valence-corrected chi connectivity index (χ4v) is 2.74. The summed E-state index contributed by atoms with van der Waals surface area (Å²) in [7, 11) is 1.72. The maximum atomic E-state index is 5.33. The van der Waals surface area contributed by atoms with Crippen LogP contribution in [0.3, 0.4) is 0 Å². The lowest BCUT2D eigenvalue weighted by molar-refractivity contribution is 0.413. The minimum absolute atomic E-state index is 0.506. The highest BCUT2D eigenvalue weighted by Gasteiger charge is 2.13. The van der Waals surface area contributed by atoms with Crippen molar-refractivity contribution in [3.8, 4) is 5.75 Å². The zero-order valence-electron chi connectivity index (χ0n) is 10.1. The number of halogens is 1. The first kappa shape index (κ1) is 12.6. The molecule has 1 rings (SSSR count). The molecule has 0 atom stereocenters. The van der Waals surface area contributed by atoms with Gasteiger partial charge in [-0.25, -0.2) is 0 Å². The summed E-state index contributed by atoms with van der Waals surface area (Å²) in [6.45, 7) is 8.79. The van der Waals surface area contributed by atoms with Gasteiger partial charge in [0.1, 0.15) is 5.75 Å². The highest BCUT2D eigenvalue weighted by molar-refractivity contribution is 9.10. The van der Waals surface area contributed by atoms with E-state index < -0.39 is 0 Å². The molecule has 1 aromatic carbocycles. The predicted molar refractivity (Wildman–Crippen MR) is 68.9 cm³/mol. The van der Waals surface area contributed by atoms with Gasteiger partial charge in [0, 0.05) is 4.47 Å². The number of methoxy groups -OCH3 is 1. The first-order chi connectivity index (χ1) is 6.97. The molecule has 84 valence electrons. The molecule has 15 heavy (non-hydrogen) atoms. The van der Waals surface area contributed by atoms with Crippen molar-refractivity contribution in [2.45, 2.75) is 39.5 Å². The fraction of sp³-hybridized carbons (Fsp3) is 0.538. The Kier molecular flexibility index (Phi) is 4.21. The Labute approximate surface area is 101 Å². The predicted octanol–water partition coefficient (Wildman–Crippen LogP) is 4.70. The maximum absolute atomic E-state index is 5.33. The van der Waals surface area contributed by atoms with Gasteiger partial charge in [-0.05, 0) is 35.1 Å². The smallest absolute Gasteiger partial charge is 0.119 e. The van der Waals surface area contributed by atoms with Crippen molar-refractivity contribution in [2.24, 2.45) is 0 Å². The van der Waals surface area contributed by atoms with Crippen LogP contribution in [0.1, 0.15) is 50.7 Å². The van der Waals surface area contributed by atoms with Crippen LogP contribution in [-0.2, 0) is 0 Å². The van der Waals surface area contributed by atoms with Crippen molar-refractivity contribution in [1.82, 2.24) is 0 Å². The highest BCUT2D eigenvalue weighted by atomic mass is 79.9. The van der Waals surface area contributed by atoms with Crippen LogP contribution in [-0.4, -0.2) is 7.11 Å². The van der Waals surface area contributed by atoms with Crippen LogP contribution in [0.2, 0.25) is 0 Å². The fourth-order valence-electron chi connectivity index (χ4n) is 1.60. The lowest BCUT2D eigenvalue weighted by Crippen LogP contribution is -1.98. The second kappa shape index (κ2) is 5.02. The van der Waals surface area contributed by atoms with Crippen molar-refractivity contribution in [3.63, 3.8) is 0 Å². The van der Waals surface area contributed by atoms with Crippen LogP contribution in [0.25, 0.3) is 0 Å². The van der Waals surface area contributed by atoms with Crippen LogP contribution in [0, 0.1) is 0 Å². The highest BCUT2D eigenvalue weighted by Crippen LogP contribution is 2.35. The molecule has 0 saturated heterocycles. The molecule has 2 heteroatoms. The summed E-state index contributed by atoms with van der Waals surface area (Å²) in [5, 5.41) is 0. The molecule has 0 spiro atoms. The number of benzene rings is 1. The van der Waals surface area contributed by atoms with Crippen molar-refractivity contribution < 1.29 is 4.74 Å². The van der Waals surface area contributed by atoms with E-state index in [-0.39, 0.29) is 0 Å². The average Bonchev–Trinajstić information content (AvgIpc) is 2.17. The Morgan fingerprint density at radius 3 is 1.67 bits per heavy atom. The standard InChI is InChI=1S/C13H19BrO/c1-8(2)11-6-10(15-5)7-12(9(3)4)13(11)14/h6-9H,1-5H3. The third-order valence-electron chi connectivity index (χ3n) is 2.58. The van der Waals surface area contributed by atoms with Gasteiger partial charge in [0.15, 0.2) is 0 Å². The SMILES string of the molecule is COc1cc(C(C)C)c(Br)c(C(C)C)c1. The molecule has 0 radical (unpaired) electrons. The van der Waals surface area contributed by atoms with Gasteiger partial charge in [0.2, 0.25) is 0 Å². The largest absolute Gasteiger partial charge is 0.497 e. The third-order valence-corrected chi connectivity index (χ3v) is 3.50. The number of rotatable bonds is 3. The third kappa shape index (κ3) is 2.75. The normalized spacial score (nSPS) is 11.2. The van der Waals surface area contributed by atoms with Crippen LogP contribution in [0.4, 0.5) is 0 Å². The molecule has 0 saturated carbocycles. The van der Waals surface area contributed by atoms with Crippen molar-refractivity contribution in [3.05, 3.63) is 27.7 Å². The van der Waals surface area contributed by atoms with Crippen LogP contribution < -0.4 is 4.74 Å². The quantitative estimate of drug-likeness (QED) is 0.774. The summed E-state index contributed by atoms with van der Waals surface area (Å²) in [6.07, 6.45) is 0. The van der Waals surface area contributed by atoms with E-state index in [1.165, 1.54) is 15.6 Å². The summed E-state index contributed by atoms with van der Waals surface area (Å²) < 4.78 is 6.56. The monoisotopic (exact) mass is 270 g/mol. The lowest BCUT2D eigenvalue weighted by atomic mass is 9.95. The van der Waals surface area contributed by atoms with Crippen molar-refractivity contribution in [1.29, 1.82) is 0 Å². The van der Waals surface area contributed by atoms with Crippen molar-refractivity contribution in [2.75, 3.05) is 7.11 Å². The van der Waals surface area contributed by atoms with E-state index in [4.69, 9.17) is 4.74 Å². The molecule has 0 aliphatic rings. The Morgan fingerprint density at radius 2 is 1.40 bits per heavy atom. The maximum Gasteiger partial charge on any atom is 0.119 e. The number of hydrogen-bond acceptors (Lipinski definition) is 1. The van der Waals surface area contributed by atoms with E-state index in [1.54, 1.807) is 7.11 Å². The minimum atomic E-state index is 0.506. The van der Waals surface area contributed by atoms with Gasteiger partial charge in [-0.15, -0.1) is 0 Å². The van der Waals surface area contributed by atoms with Gasteiger partial charge < -0.3 is 4.74 Å². The van der Waals surface area contributed by atoms with Gasteiger partial charge in [-0.3, -0.25) is 0 Å². The molecule has 0 N–H and O–H groups in total.